The number of anilines is 1. The summed E-state index contributed by atoms with van der Waals surface area (Å²) < 4.78 is 28.8. The van der Waals surface area contributed by atoms with E-state index in [1.807, 2.05) is 6.07 Å². The van der Waals surface area contributed by atoms with Gasteiger partial charge in [0.15, 0.2) is 0 Å². The number of nitrogens with zero attached hydrogens (tertiary/aromatic N) is 2. The van der Waals surface area contributed by atoms with Gasteiger partial charge in [0.25, 0.3) is 10.0 Å². The van der Waals surface area contributed by atoms with Crippen LogP contribution in [0.15, 0.2) is 41.6 Å². The van der Waals surface area contributed by atoms with Crippen molar-refractivity contribution < 1.29 is 8.42 Å². The highest BCUT2D eigenvalue weighted by atomic mass is 127. The standard InChI is InChI=1S/C10H10IN3O2S/c1-14-7-10(6-12-14)17(15,16)13-9-4-2-3-8(11)5-9/h2-7,13H,1H3. The van der Waals surface area contributed by atoms with E-state index in [9.17, 15) is 8.42 Å². The number of hydrogen-bond donors (Lipinski definition) is 1. The number of nitrogens with one attached hydrogen (secondary N) is 1. The summed E-state index contributed by atoms with van der Waals surface area (Å²) >= 11 is 2.12. The van der Waals surface area contributed by atoms with Crippen LogP contribution in [-0.2, 0) is 17.1 Å². The van der Waals surface area contributed by atoms with Crippen molar-refractivity contribution in [3.05, 3.63) is 40.2 Å². The molecule has 0 atom stereocenters. The quantitative estimate of drug-likeness (QED) is 0.847. The van der Waals surface area contributed by atoms with Crippen LogP contribution >= 0.6 is 22.6 Å². The Kier molecular flexibility index (Phi) is 3.38. The van der Waals surface area contributed by atoms with E-state index in [0.29, 0.717) is 5.69 Å². The highest BCUT2D eigenvalue weighted by Gasteiger charge is 2.15. The normalized spacial score (nSPS) is 11.4. The second kappa shape index (κ2) is 4.65. The van der Waals surface area contributed by atoms with Gasteiger partial charge in [-0.2, -0.15) is 5.10 Å². The van der Waals surface area contributed by atoms with Gasteiger partial charge in [0.2, 0.25) is 0 Å². The van der Waals surface area contributed by atoms with Gasteiger partial charge in [-0.25, -0.2) is 8.42 Å². The Morgan fingerprint density at radius 2 is 2.18 bits per heavy atom. The monoisotopic (exact) mass is 363 g/mol. The van der Waals surface area contributed by atoms with Crippen molar-refractivity contribution in [2.24, 2.45) is 7.05 Å². The smallest absolute Gasteiger partial charge is 0.265 e. The fourth-order valence-electron chi connectivity index (χ4n) is 1.30. The molecule has 0 aliphatic carbocycles. The van der Waals surface area contributed by atoms with Crippen molar-refractivity contribution in [3.8, 4) is 0 Å². The number of hydrogen-bond acceptors (Lipinski definition) is 3. The van der Waals surface area contributed by atoms with E-state index in [-0.39, 0.29) is 4.90 Å². The first kappa shape index (κ1) is 12.4. The Morgan fingerprint density at radius 3 is 2.76 bits per heavy atom. The Labute approximate surface area is 113 Å². The zero-order valence-corrected chi connectivity index (χ0v) is 11.9. The molecule has 5 nitrogen and oxygen atoms in total. The molecule has 0 amide bonds. The lowest BCUT2D eigenvalue weighted by atomic mass is 10.3. The van der Waals surface area contributed by atoms with Gasteiger partial charge in [-0.15, -0.1) is 0 Å². The number of sulfonamides is 1. The summed E-state index contributed by atoms with van der Waals surface area (Å²) in [5, 5.41) is 3.84. The first-order valence-electron chi connectivity index (χ1n) is 4.74. The third-order valence-corrected chi connectivity index (χ3v) is 4.08. The average Bonchev–Trinajstić information content (AvgIpc) is 2.65. The topological polar surface area (TPSA) is 64.0 Å². The summed E-state index contributed by atoms with van der Waals surface area (Å²) in [6.07, 6.45) is 2.77. The van der Waals surface area contributed by atoms with Crippen molar-refractivity contribution in [2.45, 2.75) is 4.90 Å². The van der Waals surface area contributed by atoms with Crippen LogP contribution in [0.1, 0.15) is 0 Å². The van der Waals surface area contributed by atoms with Crippen LogP contribution in [0.3, 0.4) is 0 Å². The molecule has 0 spiro atoms. The third-order valence-electron chi connectivity index (χ3n) is 2.07. The van der Waals surface area contributed by atoms with E-state index in [2.05, 4.69) is 32.4 Å². The number of rotatable bonds is 3. The van der Waals surface area contributed by atoms with E-state index >= 15 is 0 Å². The first-order valence-corrected chi connectivity index (χ1v) is 7.30. The fraction of sp³-hybridized carbons (Fsp3) is 0.100. The molecule has 0 radical (unpaired) electrons. The van der Waals surface area contributed by atoms with Crippen molar-refractivity contribution in [1.82, 2.24) is 9.78 Å². The fourth-order valence-corrected chi connectivity index (χ4v) is 2.88. The van der Waals surface area contributed by atoms with Crippen LogP contribution in [-0.4, -0.2) is 18.2 Å². The predicted molar refractivity (Wildman–Crippen MR) is 73.2 cm³/mol. The van der Waals surface area contributed by atoms with Crippen LogP contribution in [0.25, 0.3) is 0 Å². The molecule has 0 aliphatic heterocycles. The second-order valence-corrected chi connectivity index (χ2v) is 6.39. The van der Waals surface area contributed by atoms with Gasteiger partial charge < -0.3 is 0 Å². The predicted octanol–water partition coefficient (Wildman–Crippen LogP) is 1.83. The molecule has 2 rings (SSSR count). The maximum atomic E-state index is 12.0. The molecule has 0 fully saturated rings. The molecule has 0 saturated carbocycles. The summed E-state index contributed by atoms with van der Waals surface area (Å²) in [5.74, 6) is 0. The average molecular weight is 363 g/mol. The van der Waals surface area contributed by atoms with Crippen LogP contribution in [0.4, 0.5) is 5.69 Å². The van der Waals surface area contributed by atoms with Gasteiger partial charge in [0, 0.05) is 22.5 Å². The minimum atomic E-state index is -3.55. The van der Waals surface area contributed by atoms with Crippen molar-refractivity contribution in [1.29, 1.82) is 0 Å². The van der Waals surface area contributed by atoms with Crippen LogP contribution in [0, 0.1) is 3.57 Å². The molecule has 0 bridgehead atoms. The van der Waals surface area contributed by atoms with Gasteiger partial charge in [0.1, 0.15) is 4.90 Å². The van der Waals surface area contributed by atoms with Crippen molar-refractivity contribution in [2.75, 3.05) is 4.72 Å². The number of aryl methyl sites for hydroxylation is 1. The van der Waals surface area contributed by atoms with E-state index in [1.54, 1.807) is 25.2 Å². The summed E-state index contributed by atoms with van der Waals surface area (Å²) in [4.78, 5) is 0.152. The summed E-state index contributed by atoms with van der Waals surface area (Å²) in [5.41, 5.74) is 0.542. The van der Waals surface area contributed by atoms with Crippen molar-refractivity contribution >= 4 is 38.3 Å². The molecule has 0 saturated heterocycles. The lowest BCUT2D eigenvalue weighted by Gasteiger charge is -2.05. The largest absolute Gasteiger partial charge is 0.280 e. The third kappa shape index (κ3) is 2.97. The Bertz CT molecular complexity index is 637. The van der Waals surface area contributed by atoms with Crippen LogP contribution in [0.5, 0.6) is 0 Å². The van der Waals surface area contributed by atoms with Crippen LogP contribution < -0.4 is 4.72 Å². The van der Waals surface area contributed by atoms with Gasteiger partial charge in [-0.1, -0.05) is 6.07 Å². The lowest BCUT2D eigenvalue weighted by Crippen LogP contribution is -2.12. The molecule has 7 heteroatoms. The highest BCUT2D eigenvalue weighted by molar-refractivity contribution is 14.1. The number of halogens is 1. The van der Waals surface area contributed by atoms with E-state index in [0.717, 1.165) is 3.57 Å². The van der Waals surface area contributed by atoms with Gasteiger partial charge in [-0.05, 0) is 40.8 Å². The van der Waals surface area contributed by atoms with Crippen molar-refractivity contribution in [3.63, 3.8) is 0 Å². The molecule has 0 unspecified atom stereocenters. The lowest BCUT2D eigenvalue weighted by molar-refractivity contribution is 0.601. The number of benzene rings is 1. The van der Waals surface area contributed by atoms with E-state index < -0.39 is 10.0 Å². The maximum Gasteiger partial charge on any atom is 0.265 e. The Balaban J connectivity index is 2.29. The Morgan fingerprint density at radius 1 is 1.41 bits per heavy atom. The molecule has 1 aromatic heterocycles. The minimum absolute atomic E-state index is 0.152. The molecular formula is C10H10IN3O2S. The molecule has 17 heavy (non-hydrogen) atoms. The first-order chi connectivity index (χ1) is 7.97. The Hall–Kier alpha value is -1.09. The van der Waals surface area contributed by atoms with Gasteiger partial charge in [0.05, 0.1) is 6.20 Å². The maximum absolute atomic E-state index is 12.0. The summed E-state index contributed by atoms with van der Waals surface area (Å²) in [6.45, 7) is 0. The highest BCUT2D eigenvalue weighted by Crippen LogP contribution is 2.17. The van der Waals surface area contributed by atoms with E-state index in [1.165, 1.54) is 17.1 Å². The molecule has 0 aliphatic rings. The second-order valence-electron chi connectivity index (χ2n) is 3.47. The molecule has 1 aromatic carbocycles. The van der Waals surface area contributed by atoms with Gasteiger partial charge >= 0.3 is 0 Å². The zero-order chi connectivity index (χ0) is 12.5. The van der Waals surface area contributed by atoms with E-state index in [4.69, 9.17) is 0 Å². The molecule has 90 valence electrons. The summed E-state index contributed by atoms with van der Waals surface area (Å²) in [7, 11) is -1.87. The molecular weight excluding hydrogens is 353 g/mol. The molecule has 1 heterocycles. The summed E-state index contributed by atoms with van der Waals surface area (Å²) in [6, 6.07) is 7.15. The van der Waals surface area contributed by atoms with Gasteiger partial charge in [-0.3, -0.25) is 9.40 Å². The molecule has 2 aromatic rings. The number of aromatic nitrogens is 2. The minimum Gasteiger partial charge on any atom is -0.280 e. The SMILES string of the molecule is Cn1cc(S(=O)(=O)Nc2cccc(I)c2)cn1. The zero-order valence-electron chi connectivity index (χ0n) is 8.96. The van der Waals surface area contributed by atoms with Crippen LogP contribution in [0.2, 0.25) is 0 Å². The molecule has 1 N–H and O–H groups in total.